The van der Waals surface area contributed by atoms with E-state index in [2.05, 4.69) is 27.3 Å². The molecule has 0 fully saturated rings. The van der Waals surface area contributed by atoms with Crippen LogP contribution in [0.3, 0.4) is 0 Å². The summed E-state index contributed by atoms with van der Waals surface area (Å²) in [5.74, 6) is -0.138. The largest absolute Gasteiger partial charge is 0.439 e. The topological polar surface area (TPSA) is 58.9 Å². The Kier molecular flexibility index (Phi) is 1.94. The quantitative estimate of drug-likeness (QED) is 0.673. The van der Waals surface area contributed by atoms with Gasteiger partial charge in [-0.2, -0.15) is 0 Å². The summed E-state index contributed by atoms with van der Waals surface area (Å²) in [5.41, 5.74) is 0.776. The van der Waals surface area contributed by atoms with E-state index in [1.165, 1.54) is 0 Å². The molecule has 0 radical (unpaired) electrons. The standard InChI is InChI=1S/C8H6N2O2S/c11-8-9-7(10-12-8)5-2-1-3-6(13)4-5/h1-4,13H,(H,9,10,11). The van der Waals surface area contributed by atoms with Crippen molar-refractivity contribution in [2.24, 2.45) is 0 Å². The maximum atomic E-state index is 10.6. The normalized spacial score (nSPS) is 10.2. The highest BCUT2D eigenvalue weighted by Crippen LogP contribution is 2.16. The van der Waals surface area contributed by atoms with E-state index in [1.807, 2.05) is 18.2 Å². The van der Waals surface area contributed by atoms with Gasteiger partial charge in [-0.1, -0.05) is 17.3 Å². The molecule has 4 nitrogen and oxygen atoms in total. The zero-order chi connectivity index (χ0) is 9.26. The molecule has 0 unspecified atom stereocenters. The number of aromatic amines is 1. The van der Waals surface area contributed by atoms with Crippen molar-refractivity contribution in [3.63, 3.8) is 0 Å². The average molecular weight is 194 g/mol. The fourth-order valence-electron chi connectivity index (χ4n) is 1.01. The molecule has 0 aliphatic rings. The molecule has 0 amide bonds. The summed E-state index contributed by atoms with van der Waals surface area (Å²) >= 11 is 4.16. The van der Waals surface area contributed by atoms with Gasteiger partial charge in [0.1, 0.15) is 0 Å². The Morgan fingerprint density at radius 2 is 2.31 bits per heavy atom. The monoisotopic (exact) mass is 194 g/mol. The molecule has 13 heavy (non-hydrogen) atoms. The Balaban J connectivity index is 2.52. The van der Waals surface area contributed by atoms with Gasteiger partial charge in [-0.15, -0.1) is 12.6 Å². The zero-order valence-electron chi connectivity index (χ0n) is 6.52. The molecule has 0 spiro atoms. The summed E-state index contributed by atoms with van der Waals surface area (Å²) in [5, 5.41) is 3.55. The molecule has 0 aliphatic heterocycles. The van der Waals surface area contributed by atoms with E-state index in [4.69, 9.17) is 0 Å². The van der Waals surface area contributed by atoms with Crippen LogP contribution < -0.4 is 5.76 Å². The van der Waals surface area contributed by atoms with Crippen LogP contribution in [0.15, 0.2) is 38.5 Å². The first kappa shape index (κ1) is 8.12. The van der Waals surface area contributed by atoms with Crippen molar-refractivity contribution in [1.29, 1.82) is 0 Å². The second-order valence-corrected chi connectivity index (χ2v) is 3.01. The van der Waals surface area contributed by atoms with Crippen molar-refractivity contribution < 1.29 is 4.52 Å². The van der Waals surface area contributed by atoms with E-state index in [0.29, 0.717) is 5.82 Å². The summed E-state index contributed by atoms with van der Waals surface area (Å²) < 4.78 is 4.37. The molecule has 0 bridgehead atoms. The lowest BCUT2D eigenvalue weighted by Gasteiger charge is -1.94. The van der Waals surface area contributed by atoms with Crippen molar-refractivity contribution in [1.82, 2.24) is 10.1 Å². The summed E-state index contributed by atoms with van der Waals surface area (Å²) in [6.07, 6.45) is 0. The first-order valence-corrected chi connectivity index (χ1v) is 4.06. The lowest BCUT2D eigenvalue weighted by atomic mass is 10.2. The molecule has 66 valence electrons. The molecule has 1 aromatic heterocycles. The van der Waals surface area contributed by atoms with E-state index in [0.717, 1.165) is 10.5 Å². The molecule has 5 heteroatoms. The predicted octanol–water partition coefficient (Wildman–Crippen LogP) is 1.32. The molecule has 1 N–H and O–H groups in total. The highest BCUT2D eigenvalue weighted by atomic mass is 32.1. The first-order valence-electron chi connectivity index (χ1n) is 3.61. The zero-order valence-corrected chi connectivity index (χ0v) is 7.41. The minimum Gasteiger partial charge on any atom is -0.296 e. The van der Waals surface area contributed by atoms with E-state index < -0.39 is 5.76 Å². The number of rotatable bonds is 1. The Labute approximate surface area is 79.0 Å². The number of hydrogen-bond donors (Lipinski definition) is 2. The van der Waals surface area contributed by atoms with Gasteiger partial charge in [0.15, 0.2) is 5.82 Å². The van der Waals surface area contributed by atoms with Crippen molar-refractivity contribution in [2.75, 3.05) is 0 Å². The number of nitrogens with one attached hydrogen (secondary N) is 1. The van der Waals surface area contributed by atoms with Crippen LogP contribution in [0.1, 0.15) is 0 Å². The highest BCUT2D eigenvalue weighted by molar-refractivity contribution is 7.80. The van der Waals surface area contributed by atoms with Crippen LogP contribution in [-0.4, -0.2) is 10.1 Å². The van der Waals surface area contributed by atoms with Crippen molar-refractivity contribution >= 4 is 12.6 Å². The van der Waals surface area contributed by atoms with Gasteiger partial charge in [-0.25, -0.2) is 4.79 Å². The summed E-state index contributed by atoms with van der Waals surface area (Å²) in [7, 11) is 0. The molecular weight excluding hydrogens is 188 g/mol. The Hall–Kier alpha value is -1.49. The summed E-state index contributed by atoms with van der Waals surface area (Å²) in [6, 6.07) is 7.26. The molecule has 0 saturated heterocycles. The van der Waals surface area contributed by atoms with Crippen LogP contribution in [-0.2, 0) is 0 Å². The second-order valence-electron chi connectivity index (χ2n) is 2.49. The van der Waals surface area contributed by atoms with Crippen LogP contribution >= 0.6 is 12.6 Å². The van der Waals surface area contributed by atoms with E-state index in [1.54, 1.807) is 6.07 Å². The first-order chi connectivity index (χ1) is 6.25. The SMILES string of the molecule is O=c1[nH]c(-c2cccc(S)c2)no1. The van der Waals surface area contributed by atoms with Crippen LogP contribution in [0, 0.1) is 0 Å². The van der Waals surface area contributed by atoms with Crippen LogP contribution in [0.4, 0.5) is 0 Å². The molecule has 1 aromatic carbocycles. The minimum absolute atomic E-state index is 0.418. The molecule has 0 atom stereocenters. The fourth-order valence-corrected chi connectivity index (χ4v) is 1.23. The van der Waals surface area contributed by atoms with Crippen LogP contribution in [0.2, 0.25) is 0 Å². The lowest BCUT2D eigenvalue weighted by molar-refractivity contribution is 0.388. The van der Waals surface area contributed by atoms with Crippen LogP contribution in [0.5, 0.6) is 0 Å². The molecule has 2 aromatic rings. The molecule has 0 saturated carbocycles. The lowest BCUT2D eigenvalue weighted by Crippen LogP contribution is -1.94. The third-order valence-corrected chi connectivity index (χ3v) is 1.84. The Bertz CT molecular complexity index is 475. The van der Waals surface area contributed by atoms with E-state index >= 15 is 0 Å². The maximum Gasteiger partial charge on any atom is 0.439 e. The highest BCUT2D eigenvalue weighted by Gasteiger charge is 2.02. The number of hydrogen-bond acceptors (Lipinski definition) is 4. The Morgan fingerprint density at radius 3 is 2.92 bits per heavy atom. The smallest absolute Gasteiger partial charge is 0.296 e. The summed E-state index contributed by atoms with van der Waals surface area (Å²) in [4.78, 5) is 13.9. The van der Waals surface area contributed by atoms with Gasteiger partial charge in [0.05, 0.1) is 0 Å². The third kappa shape index (κ3) is 1.65. The number of aromatic nitrogens is 2. The van der Waals surface area contributed by atoms with Gasteiger partial charge in [-0.05, 0) is 12.1 Å². The number of H-pyrrole nitrogens is 1. The average Bonchev–Trinajstić information content (AvgIpc) is 2.52. The van der Waals surface area contributed by atoms with Gasteiger partial charge < -0.3 is 0 Å². The molecule has 1 heterocycles. The van der Waals surface area contributed by atoms with Crippen molar-refractivity contribution in [2.45, 2.75) is 4.90 Å². The number of benzene rings is 1. The molecular formula is C8H6N2O2S. The van der Waals surface area contributed by atoms with Gasteiger partial charge >= 0.3 is 5.76 Å². The van der Waals surface area contributed by atoms with E-state index in [9.17, 15) is 4.79 Å². The van der Waals surface area contributed by atoms with Gasteiger partial charge in [0, 0.05) is 10.5 Å². The molecule has 0 aliphatic carbocycles. The van der Waals surface area contributed by atoms with E-state index in [-0.39, 0.29) is 0 Å². The fraction of sp³-hybridized carbons (Fsp3) is 0. The number of nitrogens with zero attached hydrogens (tertiary/aromatic N) is 1. The Morgan fingerprint density at radius 1 is 1.46 bits per heavy atom. The van der Waals surface area contributed by atoms with Gasteiger partial charge in [-0.3, -0.25) is 9.51 Å². The minimum atomic E-state index is -0.556. The maximum absolute atomic E-state index is 10.6. The van der Waals surface area contributed by atoms with Crippen molar-refractivity contribution in [3.8, 4) is 11.4 Å². The number of thiol groups is 1. The second kappa shape index (κ2) is 3.10. The summed E-state index contributed by atoms with van der Waals surface area (Å²) in [6.45, 7) is 0. The van der Waals surface area contributed by atoms with Crippen LogP contribution in [0.25, 0.3) is 11.4 Å². The van der Waals surface area contributed by atoms with Gasteiger partial charge in [0.2, 0.25) is 0 Å². The molecule has 2 rings (SSSR count). The van der Waals surface area contributed by atoms with Gasteiger partial charge in [0.25, 0.3) is 0 Å². The third-order valence-electron chi connectivity index (χ3n) is 1.56. The van der Waals surface area contributed by atoms with Crippen molar-refractivity contribution in [3.05, 3.63) is 34.8 Å². The predicted molar refractivity (Wildman–Crippen MR) is 49.8 cm³/mol.